The normalized spacial score (nSPS) is 10.6. The first-order valence-corrected chi connectivity index (χ1v) is 7.60. The van der Waals surface area contributed by atoms with Crippen molar-refractivity contribution in [3.8, 4) is 0 Å². The molecular weight excluding hydrogens is 308 g/mol. The minimum Gasteiger partial charge on any atom is -0.374 e. The molecule has 0 aliphatic heterocycles. The summed E-state index contributed by atoms with van der Waals surface area (Å²) in [6.07, 6.45) is 1.07. The molecule has 0 aliphatic carbocycles. The fraction of sp³-hybridized carbons (Fsp3) is 0.286. The Morgan fingerprint density at radius 3 is 2.83 bits per heavy atom. The number of halogens is 1. The molecule has 0 saturated heterocycles. The fourth-order valence-electron chi connectivity index (χ4n) is 1.92. The van der Waals surface area contributed by atoms with Gasteiger partial charge in [0.25, 0.3) is 0 Å². The number of thiophene rings is 1. The average molecular weight is 325 g/mol. The number of anilines is 1. The largest absolute Gasteiger partial charge is 0.374 e. The molecule has 96 valence electrons. The summed E-state index contributed by atoms with van der Waals surface area (Å²) in [5.74, 6) is 0. The Labute approximate surface area is 121 Å². The van der Waals surface area contributed by atoms with Gasteiger partial charge in [0.05, 0.1) is 0 Å². The molecule has 1 aromatic heterocycles. The van der Waals surface area contributed by atoms with E-state index in [0.29, 0.717) is 6.54 Å². The maximum absolute atomic E-state index is 5.79. The molecule has 0 atom stereocenters. The molecule has 4 heteroatoms. The second-order valence-corrected chi connectivity index (χ2v) is 6.18. The van der Waals surface area contributed by atoms with Crippen molar-refractivity contribution in [2.75, 3.05) is 18.5 Å². The first-order chi connectivity index (χ1) is 8.70. The number of rotatable bonds is 5. The molecule has 0 fully saturated rings. The Kier molecular flexibility index (Phi) is 4.80. The van der Waals surface area contributed by atoms with Crippen LogP contribution in [0.5, 0.6) is 0 Å². The van der Waals surface area contributed by atoms with Crippen LogP contribution in [0, 0.1) is 0 Å². The van der Waals surface area contributed by atoms with Crippen molar-refractivity contribution in [1.82, 2.24) is 0 Å². The van der Waals surface area contributed by atoms with Gasteiger partial charge < -0.3 is 10.6 Å². The molecule has 0 unspecified atom stereocenters. The Bertz CT molecular complexity index is 497. The number of hydrogen-bond acceptors (Lipinski definition) is 3. The van der Waals surface area contributed by atoms with Crippen molar-refractivity contribution in [3.05, 3.63) is 50.6 Å². The van der Waals surface area contributed by atoms with Gasteiger partial charge in [-0.3, -0.25) is 0 Å². The van der Waals surface area contributed by atoms with Crippen LogP contribution in [-0.4, -0.2) is 13.6 Å². The van der Waals surface area contributed by atoms with E-state index in [1.165, 1.54) is 16.1 Å². The zero-order chi connectivity index (χ0) is 13.0. The van der Waals surface area contributed by atoms with Crippen molar-refractivity contribution < 1.29 is 0 Å². The monoisotopic (exact) mass is 324 g/mol. The van der Waals surface area contributed by atoms with Crippen LogP contribution >= 0.6 is 27.3 Å². The first kappa shape index (κ1) is 13.6. The van der Waals surface area contributed by atoms with Gasteiger partial charge in [0, 0.05) is 35.2 Å². The molecule has 18 heavy (non-hydrogen) atoms. The second-order valence-electron chi connectivity index (χ2n) is 4.23. The summed E-state index contributed by atoms with van der Waals surface area (Å²) in [7, 11) is 2.12. The van der Waals surface area contributed by atoms with Crippen LogP contribution in [0.25, 0.3) is 0 Å². The molecule has 0 bridgehead atoms. The molecule has 0 amide bonds. The van der Waals surface area contributed by atoms with Crippen LogP contribution in [0.2, 0.25) is 0 Å². The maximum atomic E-state index is 5.79. The van der Waals surface area contributed by atoms with Crippen molar-refractivity contribution in [2.45, 2.75) is 13.0 Å². The maximum Gasteiger partial charge on any atom is 0.0420 e. The molecule has 2 rings (SSSR count). The lowest BCUT2D eigenvalue weighted by Gasteiger charge is -2.22. The van der Waals surface area contributed by atoms with E-state index in [2.05, 4.69) is 57.5 Å². The number of nitrogens with two attached hydrogens (primary N) is 1. The van der Waals surface area contributed by atoms with Crippen LogP contribution in [0.1, 0.15) is 10.4 Å². The van der Waals surface area contributed by atoms with Crippen molar-refractivity contribution in [3.63, 3.8) is 0 Å². The quantitative estimate of drug-likeness (QED) is 0.909. The van der Waals surface area contributed by atoms with Crippen molar-refractivity contribution in [2.24, 2.45) is 5.73 Å². The summed E-state index contributed by atoms with van der Waals surface area (Å²) in [6, 6.07) is 10.5. The molecule has 0 radical (unpaired) electrons. The molecular formula is C14H17BrN2S. The van der Waals surface area contributed by atoms with Gasteiger partial charge in [-0.25, -0.2) is 0 Å². The SMILES string of the molecule is CN(CCc1cccs1)c1cc(Br)ccc1CN. The molecule has 2 nitrogen and oxygen atoms in total. The number of likely N-dealkylation sites (N-methyl/N-ethyl adjacent to an activating group) is 1. The summed E-state index contributed by atoms with van der Waals surface area (Å²) in [4.78, 5) is 3.69. The highest BCUT2D eigenvalue weighted by atomic mass is 79.9. The predicted molar refractivity (Wildman–Crippen MR) is 83.3 cm³/mol. The third kappa shape index (κ3) is 3.34. The molecule has 1 heterocycles. The van der Waals surface area contributed by atoms with Gasteiger partial charge >= 0.3 is 0 Å². The Morgan fingerprint density at radius 1 is 1.33 bits per heavy atom. The highest BCUT2D eigenvalue weighted by Gasteiger charge is 2.07. The summed E-state index contributed by atoms with van der Waals surface area (Å²) in [6.45, 7) is 1.58. The highest BCUT2D eigenvalue weighted by molar-refractivity contribution is 9.10. The van der Waals surface area contributed by atoms with Gasteiger partial charge in [-0.15, -0.1) is 11.3 Å². The summed E-state index contributed by atoms with van der Waals surface area (Å²) >= 11 is 5.33. The number of nitrogens with zero attached hydrogens (tertiary/aromatic N) is 1. The molecule has 0 spiro atoms. The smallest absolute Gasteiger partial charge is 0.0420 e. The summed E-state index contributed by atoms with van der Waals surface area (Å²) in [5.41, 5.74) is 8.19. The molecule has 2 N–H and O–H groups in total. The van der Waals surface area contributed by atoms with E-state index in [1.54, 1.807) is 0 Å². The third-order valence-electron chi connectivity index (χ3n) is 2.95. The van der Waals surface area contributed by atoms with Gasteiger partial charge in [-0.1, -0.05) is 28.1 Å². The minimum atomic E-state index is 0.575. The molecule has 2 aromatic rings. The van der Waals surface area contributed by atoms with Gasteiger partial charge in [-0.05, 0) is 35.6 Å². The lowest BCUT2D eigenvalue weighted by atomic mass is 10.1. The number of hydrogen-bond donors (Lipinski definition) is 1. The first-order valence-electron chi connectivity index (χ1n) is 5.92. The topological polar surface area (TPSA) is 29.3 Å². The van der Waals surface area contributed by atoms with Gasteiger partial charge in [0.15, 0.2) is 0 Å². The highest BCUT2D eigenvalue weighted by Crippen LogP contribution is 2.24. The van der Waals surface area contributed by atoms with E-state index >= 15 is 0 Å². The van der Waals surface area contributed by atoms with Crippen LogP contribution in [0.15, 0.2) is 40.2 Å². The van der Waals surface area contributed by atoms with Crippen LogP contribution in [0.3, 0.4) is 0 Å². The predicted octanol–water partition coefficient (Wildman–Crippen LogP) is 3.65. The number of benzene rings is 1. The third-order valence-corrected chi connectivity index (χ3v) is 4.38. The molecule has 0 saturated carbocycles. The van der Waals surface area contributed by atoms with E-state index in [0.717, 1.165) is 17.4 Å². The fourth-order valence-corrected chi connectivity index (χ4v) is 2.97. The summed E-state index contributed by atoms with van der Waals surface area (Å²) < 4.78 is 1.10. The minimum absolute atomic E-state index is 0.575. The van der Waals surface area contributed by atoms with E-state index < -0.39 is 0 Å². The zero-order valence-corrected chi connectivity index (χ0v) is 12.8. The van der Waals surface area contributed by atoms with Crippen LogP contribution in [0.4, 0.5) is 5.69 Å². The molecule has 1 aromatic carbocycles. The Hall–Kier alpha value is -0.840. The lowest BCUT2D eigenvalue weighted by molar-refractivity contribution is 0.874. The van der Waals surface area contributed by atoms with Crippen molar-refractivity contribution in [1.29, 1.82) is 0 Å². The molecule has 0 aliphatic rings. The van der Waals surface area contributed by atoms with Gasteiger partial charge in [0.2, 0.25) is 0 Å². The second kappa shape index (κ2) is 6.36. The summed E-state index contributed by atoms with van der Waals surface area (Å²) in [5, 5.41) is 2.12. The van der Waals surface area contributed by atoms with Crippen LogP contribution < -0.4 is 10.6 Å². The van der Waals surface area contributed by atoms with Crippen molar-refractivity contribution >= 4 is 33.0 Å². The van der Waals surface area contributed by atoms with Crippen LogP contribution in [-0.2, 0) is 13.0 Å². The Balaban J connectivity index is 2.08. The van der Waals surface area contributed by atoms with E-state index in [9.17, 15) is 0 Å². The Morgan fingerprint density at radius 2 is 2.17 bits per heavy atom. The lowest BCUT2D eigenvalue weighted by Crippen LogP contribution is -2.22. The van der Waals surface area contributed by atoms with E-state index in [4.69, 9.17) is 5.73 Å². The van der Waals surface area contributed by atoms with Gasteiger partial charge in [0.1, 0.15) is 0 Å². The van der Waals surface area contributed by atoms with E-state index in [-0.39, 0.29) is 0 Å². The standard InChI is InChI=1S/C14H17BrN2S/c1-17(7-6-13-3-2-8-18-13)14-9-12(15)5-4-11(14)10-16/h2-5,8-9H,6-7,10,16H2,1H3. The van der Waals surface area contributed by atoms with E-state index in [1.807, 2.05) is 17.4 Å². The zero-order valence-electron chi connectivity index (χ0n) is 10.4. The average Bonchev–Trinajstić information content (AvgIpc) is 2.89. The van der Waals surface area contributed by atoms with Gasteiger partial charge in [-0.2, -0.15) is 0 Å².